The molecule has 0 radical (unpaired) electrons. The zero-order chi connectivity index (χ0) is 18.1. The molecule has 138 valence electrons. The molecule has 1 fully saturated rings. The maximum Gasteiger partial charge on any atom is 0.239 e. The zero-order valence-corrected chi connectivity index (χ0v) is 15.6. The number of rotatable bonds is 3. The molecule has 0 saturated carbocycles. The summed E-state index contributed by atoms with van der Waals surface area (Å²) in [5, 5.41) is 4.28. The fourth-order valence-corrected chi connectivity index (χ4v) is 4.06. The van der Waals surface area contributed by atoms with Gasteiger partial charge in [0.15, 0.2) is 0 Å². The van der Waals surface area contributed by atoms with Crippen molar-refractivity contribution in [3.8, 4) is 11.3 Å². The van der Waals surface area contributed by atoms with E-state index < -0.39 is 0 Å². The van der Waals surface area contributed by atoms with E-state index in [0.717, 1.165) is 48.0 Å². The number of carbonyl (C=O) groups excluding carboxylic acids is 1. The summed E-state index contributed by atoms with van der Waals surface area (Å²) in [6, 6.07) is 10.0. The van der Waals surface area contributed by atoms with Crippen LogP contribution in [-0.4, -0.2) is 46.5 Å². The Morgan fingerprint density at radius 3 is 2.65 bits per heavy atom. The van der Waals surface area contributed by atoms with Gasteiger partial charge in [0.2, 0.25) is 5.91 Å². The van der Waals surface area contributed by atoms with Gasteiger partial charge in [-0.25, -0.2) is 0 Å². The predicted molar refractivity (Wildman–Crippen MR) is 100 cm³/mol. The van der Waals surface area contributed by atoms with Crippen LogP contribution in [0, 0.1) is 5.92 Å². The highest BCUT2D eigenvalue weighted by atomic mass is 16.5. The highest BCUT2D eigenvalue weighted by molar-refractivity contribution is 5.82. The molecule has 0 N–H and O–H groups in total. The standard InChI is InChI=1S/C21H27N3O2/c1-15-8-11-23(12-9-15)16(2)21(25)24-13-10-19-18(14-24)20(22-26-19)17-6-4-3-5-7-17/h3-7,15-16H,8-14H2,1-2H3/t16-/m1/s1. The van der Waals surface area contributed by atoms with E-state index in [1.807, 2.05) is 35.2 Å². The second kappa shape index (κ2) is 7.23. The first-order chi connectivity index (χ1) is 12.6. The maximum atomic E-state index is 13.1. The van der Waals surface area contributed by atoms with Crippen molar-refractivity contribution in [2.45, 2.75) is 45.7 Å². The Hall–Kier alpha value is -2.14. The van der Waals surface area contributed by atoms with E-state index >= 15 is 0 Å². The Morgan fingerprint density at radius 1 is 1.19 bits per heavy atom. The number of amides is 1. The molecule has 1 saturated heterocycles. The number of likely N-dealkylation sites (tertiary alicyclic amines) is 1. The molecule has 1 amide bonds. The van der Waals surface area contributed by atoms with E-state index in [1.54, 1.807) is 0 Å². The van der Waals surface area contributed by atoms with Gasteiger partial charge in [0.1, 0.15) is 11.5 Å². The molecule has 0 bridgehead atoms. The van der Waals surface area contributed by atoms with Crippen molar-refractivity contribution in [3.05, 3.63) is 41.7 Å². The summed E-state index contributed by atoms with van der Waals surface area (Å²) in [7, 11) is 0. The Kier molecular flexibility index (Phi) is 4.81. The Morgan fingerprint density at radius 2 is 1.92 bits per heavy atom. The summed E-state index contributed by atoms with van der Waals surface area (Å²) in [4.78, 5) is 17.4. The van der Waals surface area contributed by atoms with Crippen molar-refractivity contribution in [2.24, 2.45) is 5.92 Å². The van der Waals surface area contributed by atoms with Crippen molar-refractivity contribution in [1.29, 1.82) is 0 Å². The third-order valence-electron chi connectivity index (χ3n) is 5.91. The van der Waals surface area contributed by atoms with E-state index in [1.165, 1.54) is 12.8 Å². The van der Waals surface area contributed by atoms with E-state index in [4.69, 9.17) is 4.52 Å². The molecule has 2 aliphatic rings. The van der Waals surface area contributed by atoms with Crippen LogP contribution in [0.25, 0.3) is 11.3 Å². The Labute approximate surface area is 155 Å². The molecule has 4 rings (SSSR count). The van der Waals surface area contributed by atoms with Crippen LogP contribution in [0.5, 0.6) is 0 Å². The summed E-state index contributed by atoms with van der Waals surface area (Å²) in [6.07, 6.45) is 3.11. The van der Waals surface area contributed by atoms with Gasteiger partial charge in [-0.3, -0.25) is 9.69 Å². The number of benzene rings is 1. The van der Waals surface area contributed by atoms with Crippen LogP contribution in [0.15, 0.2) is 34.9 Å². The molecule has 3 heterocycles. The molecular formula is C21H27N3O2. The molecule has 1 aromatic heterocycles. The number of fused-ring (bicyclic) bond motifs is 1. The normalized spacial score (nSPS) is 20.0. The van der Waals surface area contributed by atoms with Gasteiger partial charge in [0, 0.05) is 24.1 Å². The first-order valence-electron chi connectivity index (χ1n) is 9.69. The maximum absolute atomic E-state index is 13.1. The van der Waals surface area contributed by atoms with Crippen LogP contribution in [0.3, 0.4) is 0 Å². The smallest absolute Gasteiger partial charge is 0.239 e. The Bertz CT molecular complexity index is 763. The SMILES string of the molecule is CC1CCN([C@H](C)C(=O)N2CCc3onc(-c4ccccc4)c3C2)CC1. The largest absolute Gasteiger partial charge is 0.360 e. The molecule has 26 heavy (non-hydrogen) atoms. The minimum Gasteiger partial charge on any atom is -0.360 e. The van der Waals surface area contributed by atoms with E-state index in [-0.39, 0.29) is 11.9 Å². The number of nitrogens with zero attached hydrogens (tertiary/aromatic N) is 3. The number of hydrogen-bond donors (Lipinski definition) is 0. The summed E-state index contributed by atoms with van der Waals surface area (Å²) in [6.45, 7) is 7.71. The van der Waals surface area contributed by atoms with Gasteiger partial charge in [-0.1, -0.05) is 42.4 Å². The van der Waals surface area contributed by atoms with Crippen LogP contribution in [0.4, 0.5) is 0 Å². The van der Waals surface area contributed by atoms with Gasteiger partial charge >= 0.3 is 0 Å². The lowest BCUT2D eigenvalue weighted by Crippen LogP contribution is -2.50. The number of carbonyl (C=O) groups is 1. The van der Waals surface area contributed by atoms with Crippen molar-refractivity contribution >= 4 is 5.91 Å². The van der Waals surface area contributed by atoms with Crippen molar-refractivity contribution in [2.75, 3.05) is 19.6 Å². The molecule has 0 aliphatic carbocycles. The summed E-state index contributed by atoms with van der Waals surface area (Å²) in [5.41, 5.74) is 2.98. The highest BCUT2D eigenvalue weighted by Gasteiger charge is 2.32. The van der Waals surface area contributed by atoms with Gasteiger partial charge in [-0.2, -0.15) is 0 Å². The lowest BCUT2D eigenvalue weighted by atomic mass is 9.97. The summed E-state index contributed by atoms with van der Waals surface area (Å²) < 4.78 is 5.56. The summed E-state index contributed by atoms with van der Waals surface area (Å²) in [5.74, 6) is 1.93. The topological polar surface area (TPSA) is 49.6 Å². The minimum absolute atomic E-state index is 0.0518. The molecule has 5 nitrogen and oxygen atoms in total. The first-order valence-corrected chi connectivity index (χ1v) is 9.69. The molecule has 0 spiro atoms. The molecule has 2 aromatic rings. The summed E-state index contributed by atoms with van der Waals surface area (Å²) >= 11 is 0. The van der Waals surface area contributed by atoms with Gasteiger partial charge in [-0.05, 0) is 38.8 Å². The quantitative estimate of drug-likeness (QED) is 0.849. The zero-order valence-electron chi connectivity index (χ0n) is 15.6. The Balaban J connectivity index is 1.49. The van der Waals surface area contributed by atoms with E-state index in [2.05, 4.69) is 23.9 Å². The van der Waals surface area contributed by atoms with Crippen LogP contribution in [0.2, 0.25) is 0 Å². The monoisotopic (exact) mass is 353 g/mol. The molecule has 5 heteroatoms. The minimum atomic E-state index is -0.0518. The van der Waals surface area contributed by atoms with E-state index in [9.17, 15) is 4.79 Å². The van der Waals surface area contributed by atoms with Gasteiger partial charge in [0.25, 0.3) is 0 Å². The molecule has 1 aromatic carbocycles. The number of piperidine rings is 1. The number of hydrogen-bond acceptors (Lipinski definition) is 4. The van der Waals surface area contributed by atoms with Gasteiger partial charge in [-0.15, -0.1) is 0 Å². The molecule has 0 unspecified atom stereocenters. The van der Waals surface area contributed by atoms with Gasteiger partial charge < -0.3 is 9.42 Å². The lowest BCUT2D eigenvalue weighted by Gasteiger charge is -2.37. The average Bonchev–Trinajstić information content (AvgIpc) is 3.11. The van der Waals surface area contributed by atoms with Crippen molar-refractivity contribution < 1.29 is 9.32 Å². The van der Waals surface area contributed by atoms with Crippen molar-refractivity contribution in [3.63, 3.8) is 0 Å². The third-order valence-corrected chi connectivity index (χ3v) is 5.91. The van der Waals surface area contributed by atoms with Crippen LogP contribution >= 0.6 is 0 Å². The number of aromatic nitrogens is 1. The van der Waals surface area contributed by atoms with Crippen LogP contribution < -0.4 is 0 Å². The van der Waals surface area contributed by atoms with Gasteiger partial charge in [0.05, 0.1) is 12.6 Å². The van der Waals surface area contributed by atoms with Crippen LogP contribution in [-0.2, 0) is 17.8 Å². The van der Waals surface area contributed by atoms with Crippen molar-refractivity contribution in [1.82, 2.24) is 15.0 Å². The second-order valence-corrected chi connectivity index (χ2v) is 7.70. The molecule has 2 aliphatic heterocycles. The molecular weight excluding hydrogens is 326 g/mol. The first kappa shape index (κ1) is 17.3. The second-order valence-electron chi connectivity index (χ2n) is 7.70. The fraction of sp³-hybridized carbons (Fsp3) is 0.524. The van der Waals surface area contributed by atoms with E-state index in [0.29, 0.717) is 13.1 Å². The third kappa shape index (κ3) is 3.28. The highest BCUT2D eigenvalue weighted by Crippen LogP contribution is 2.30. The predicted octanol–water partition coefficient (Wildman–Crippen LogP) is 3.35. The lowest BCUT2D eigenvalue weighted by molar-refractivity contribution is -0.138. The molecule has 1 atom stereocenters. The average molecular weight is 353 g/mol. The van der Waals surface area contributed by atoms with Crippen LogP contribution in [0.1, 0.15) is 38.0 Å². The fourth-order valence-electron chi connectivity index (χ4n) is 4.06.